The molecule has 1 aromatic carbocycles. The van der Waals surface area contributed by atoms with Gasteiger partial charge in [-0.3, -0.25) is 0 Å². The predicted molar refractivity (Wildman–Crippen MR) is 90.4 cm³/mol. The highest BCUT2D eigenvalue weighted by Gasteiger charge is 2.17. The lowest BCUT2D eigenvalue weighted by molar-refractivity contribution is 0.317. The van der Waals surface area contributed by atoms with E-state index in [9.17, 15) is 0 Å². The Kier molecular flexibility index (Phi) is 6.37. The quantitative estimate of drug-likeness (QED) is 0.892. The van der Waals surface area contributed by atoms with Crippen molar-refractivity contribution in [2.24, 2.45) is 0 Å². The lowest BCUT2D eigenvalue weighted by Crippen LogP contribution is -2.44. The highest BCUT2D eigenvalue weighted by molar-refractivity contribution is 5.49. The molecule has 2 unspecified atom stereocenters. The monoisotopic (exact) mass is 290 g/mol. The SMILES string of the molecule is CCCOc1ccc(N2CCC(C)NC(CC)CC2)cc1. The maximum absolute atomic E-state index is 5.67. The molecule has 21 heavy (non-hydrogen) atoms. The number of hydrogen-bond acceptors (Lipinski definition) is 3. The van der Waals surface area contributed by atoms with Gasteiger partial charge in [0.2, 0.25) is 0 Å². The van der Waals surface area contributed by atoms with Crippen LogP contribution in [0.5, 0.6) is 5.75 Å². The Hall–Kier alpha value is -1.22. The lowest BCUT2D eigenvalue weighted by atomic mass is 10.1. The minimum absolute atomic E-state index is 0.602. The highest BCUT2D eigenvalue weighted by Crippen LogP contribution is 2.22. The molecule has 3 nitrogen and oxygen atoms in total. The molecule has 0 amide bonds. The molecule has 0 aliphatic carbocycles. The second kappa shape index (κ2) is 8.28. The number of ether oxygens (including phenoxy) is 1. The van der Waals surface area contributed by atoms with Crippen LogP contribution in [0.1, 0.15) is 46.5 Å². The van der Waals surface area contributed by atoms with Gasteiger partial charge >= 0.3 is 0 Å². The molecule has 1 heterocycles. The summed E-state index contributed by atoms with van der Waals surface area (Å²) in [4.78, 5) is 2.52. The average Bonchev–Trinajstić information content (AvgIpc) is 2.50. The Bertz CT molecular complexity index is 404. The third-order valence-electron chi connectivity index (χ3n) is 4.27. The van der Waals surface area contributed by atoms with Crippen LogP contribution in [0.15, 0.2) is 24.3 Å². The molecule has 1 saturated heterocycles. The standard InChI is InChI=1S/C18H30N2O/c1-4-14-21-18-8-6-17(7-9-18)20-12-10-15(3)19-16(5-2)11-13-20/h6-9,15-16,19H,4-5,10-14H2,1-3H3. The fourth-order valence-corrected chi connectivity index (χ4v) is 2.90. The fourth-order valence-electron chi connectivity index (χ4n) is 2.90. The van der Waals surface area contributed by atoms with Crippen molar-refractivity contribution < 1.29 is 4.74 Å². The first kappa shape index (κ1) is 16.2. The van der Waals surface area contributed by atoms with Gasteiger partial charge in [-0.05, 0) is 56.9 Å². The van der Waals surface area contributed by atoms with Gasteiger partial charge in [-0.25, -0.2) is 0 Å². The third kappa shape index (κ3) is 4.92. The molecule has 118 valence electrons. The molecule has 2 atom stereocenters. The number of nitrogens with one attached hydrogen (secondary N) is 1. The van der Waals surface area contributed by atoms with Gasteiger partial charge in [-0.2, -0.15) is 0 Å². The van der Waals surface area contributed by atoms with Crippen LogP contribution in [0, 0.1) is 0 Å². The van der Waals surface area contributed by atoms with E-state index in [0.29, 0.717) is 12.1 Å². The fraction of sp³-hybridized carbons (Fsp3) is 0.667. The molecule has 0 bridgehead atoms. The second-order valence-corrected chi connectivity index (χ2v) is 6.08. The van der Waals surface area contributed by atoms with Gasteiger partial charge in [0.1, 0.15) is 5.75 Å². The Balaban J connectivity index is 1.98. The molecule has 1 aromatic rings. The zero-order chi connectivity index (χ0) is 15.1. The van der Waals surface area contributed by atoms with E-state index in [1.165, 1.54) is 24.9 Å². The largest absolute Gasteiger partial charge is 0.494 e. The van der Waals surface area contributed by atoms with Gasteiger partial charge in [0, 0.05) is 30.9 Å². The van der Waals surface area contributed by atoms with Crippen LogP contribution in [-0.2, 0) is 0 Å². The second-order valence-electron chi connectivity index (χ2n) is 6.08. The molecule has 0 saturated carbocycles. The van der Waals surface area contributed by atoms with E-state index >= 15 is 0 Å². The first-order valence-electron chi connectivity index (χ1n) is 8.46. The summed E-state index contributed by atoms with van der Waals surface area (Å²) in [5.74, 6) is 0.981. The first-order chi connectivity index (χ1) is 10.2. The van der Waals surface area contributed by atoms with E-state index in [0.717, 1.165) is 31.9 Å². The topological polar surface area (TPSA) is 24.5 Å². The van der Waals surface area contributed by atoms with Crippen LogP contribution in [0.3, 0.4) is 0 Å². The summed E-state index contributed by atoms with van der Waals surface area (Å²) in [5.41, 5.74) is 1.32. The van der Waals surface area contributed by atoms with Crippen molar-refractivity contribution in [3.05, 3.63) is 24.3 Å². The first-order valence-corrected chi connectivity index (χ1v) is 8.46. The number of rotatable bonds is 5. The van der Waals surface area contributed by atoms with E-state index in [-0.39, 0.29) is 0 Å². The molecule has 1 aliphatic rings. The smallest absolute Gasteiger partial charge is 0.119 e. The van der Waals surface area contributed by atoms with Crippen molar-refractivity contribution >= 4 is 5.69 Å². The summed E-state index contributed by atoms with van der Waals surface area (Å²) >= 11 is 0. The van der Waals surface area contributed by atoms with Gasteiger partial charge in [0.05, 0.1) is 6.61 Å². The van der Waals surface area contributed by atoms with Crippen molar-refractivity contribution in [1.29, 1.82) is 0 Å². The van der Waals surface area contributed by atoms with E-state index in [1.54, 1.807) is 0 Å². The Morgan fingerprint density at radius 3 is 2.52 bits per heavy atom. The van der Waals surface area contributed by atoms with Crippen LogP contribution < -0.4 is 15.0 Å². The molecule has 2 rings (SSSR count). The van der Waals surface area contributed by atoms with Gasteiger partial charge in [0.15, 0.2) is 0 Å². The number of benzene rings is 1. The van der Waals surface area contributed by atoms with Crippen LogP contribution >= 0.6 is 0 Å². The molecule has 1 fully saturated rings. The van der Waals surface area contributed by atoms with E-state index in [4.69, 9.17) is 4.74 Å². The summed E-state index contributed by atoms with van der Waals surface area (Å²) in [5, 5.41) is 3.73. The summed E-state index contributed by atoms with van der Waals surface area (Å²) in [7, 11) is 0. The zero-order valence-corrected chi connectivity index (χ0v) is 13.8. The van der Waals surface area contributed by atoms with Crippen LogP contribution in [-0.4, -0.2) is 31.8 Å². The van der Waals surface area contributed by atoms with E-state index in [1.807, 2.05) is 0 Å². The van der Waals surface area contributed by atoms with Gasteiger partial charge < -0.3 is 15.0 Å². The molecule has 0 radical (unpaired) electrons. The summed E-state index contributed by atoms with van der Waals surface area (Å²) < 4.78 is 5.67. The van der Waals surface area contributed by atoms with E-state index in [2.05, 4.69) is 55.3 Å². The Morgan fingerprint density at radius 1 is 1.14 bits per heavy atom. The third-order valence-corrected chi connectivity index (χ3v) is 4.27. The average molecular weight is 290 g/mol. The minimum Gasteiger partial charge on any atom is -0.494 e. The summed E-state index contributed by atoms with van der Waals surface area (Å²) in [6.45, 7) is 9.76. The maximum atomic E-state index is 5.67. The normalized spacial score (nSPS) is 23.5. The molecule has 1 aliphatic heterocycles. The van der Waals surface area contributed by atoms with Crippen LogP contribution in [0.2, 0.25) is 0 Å². The van der Waals surface area contributed by atoms with Crippen molar-refractivity contribution in [2.45, 2.75) is 58.5 Å². The highest BCUT2D eigenvalue weighted by atomic mass is 16.5. The lowest BCUT2D eigenvalue weighted by Gasteiger charge is -2.33. The summed E-state index contributed by atoms with van der Waals surface area (Å²) in [6, 6.07) is 9.85. The van der Waals surface area contributed by atoms with Gasteiger partial charge in [-0.15, -0.1) is 0 Å². The molecule has 0 aromatic heterocycles. The van der Waals surface area contributed by atoms with Crippen molar-refractivity contribution in [3.8, 4) is 5.75 Å². The molecular weight excluding hydrogens is 260 g/mol. The molecule has 1 N–H and O–H groups in total. The Morgan fingerprint density at radius 2 is 1.86 bits per heavy atom. The number of nitrogens with zero attached hydrogens (tertiary/aromatic N) is 1. The van der Waals surface area contributed by atoms with E-state index < -0.39 is 0 Å². The van der Waals surface area contributed by atoms with Crippen LogP contribution in [0.25, 0.3) is 0 Å². The van der Waals surface area contributed by atoms with Crippen molar-refractivity contribution in [3.63, 3.8) is 0 Å². The number of anilines is 1. The van der Waals surface area contributed by atoms with Gasteiger partial charge in [0.25, 0.3) is 0 Å². The Labute approximate surface area is 129 Å². The van der Waals surface area contributed by atoms with Crippen LogP contribution in [0.4, 0.5) is 5.69 Å². The summed E-state index contributed by atoms with van der Waals surface area (Å²) in [6.07, 6.45) is 4.68. The molecular formula is C18H30N2O. The van der Waals surface area contributed by atoms with Crippen molar-refractivity contribution in [1.82, 2.24) is 5.32 Å². The van der Waals surface area contributed by atoms with Crippen molar-refractivity contribution in [2.75, 3.05) is 24.6 Å². The number of hydrogen-bond donors (Lipinski definition) is 1. The van der Waals surface area contributed by atoms with Gasteiger partial charge in [-0.1, -0.05) is 13.8 Å². The predicted octanol–water partition coefficient (Wildman–Crippen LogP) is 3.83. The zero-order valence-electron chi connectivity index (χ0n) is 13.8. The molecule has 0 spiro atoms. The minimum atomic E-state index is 0.602. The molecule has 3 heteroatoms. The maximum Gasteiger partial charge on any atom is 0.119 e.